The molecule has 5 rings (SSSR count). The van der Waals surface area contributed by atoms with Gasteiger partial charge in [0.15, 0.2) is 0 Å². The zero-order valence-corrected chi connectivity index (χ0v) is 18.7. The van der Waals surface area contributed by atoms with Gasteiger partial charge in [-0.05, 0) is 47.4 Å². The number of carbonyl (C=O) groups excluding carboxylic acids is 1. The van der Waals surface area contributed by atoms with Crippen molar-refractivity contribution >= 4 is 16.9 Å². The van der Waals surface area contributed by atoms with Crippen molar-refractivity contribution in [3.63, 3.8) is 0 Å². The lowest BCUT2D eigenvalue weighted by Crippen LogP contribution is -2.33. The highest BCUT2D eigenvalue weighted by Crippen LogP contribution is 2.36. The molecule has 172 valence electrons. The third-order valence-electron chi connectivity index (χ3n) is 6.62. The first-order valence-electron chi connectivity index (χ1n) is 11.4. The highest BCUT2D eigenvalue weighted by atomic mass is 16.4. The molecule has 0 fully saturated rings. The van der Waals surface area contributed by atoms with E-state index in [9.17, 15) is 19.8 Å². The molecule has 1 heterocycles. The van der Waals surface area contributed by atoms with Gasteiger partial charge in [-0.3, -0.25) is 4.79 Å². The number of carbonyl (C=O) groups is 1. The topological polar surface area (TPSA) is 99.8 Å². The van der Waals surface area contributed by atoms with Gasteiger partial charge in [-0.2, -0.15) is 0 Å². The smallest absolute Gasteiger partial charge is 0.343 e. The molecule has 3 aromatic carbocycles. The van der Waals surface area contributed by atoms with Crippen molar-refractivity contribution < 1.29 is 19.4 Å². The minimum absolute atomic E-state index is 0.0979. The molecule has 0 spiro atoms. The van der Waals surface area contributed by atoms with E-state index in [0.29, 0.717) is 29.4 Å². The molecule has 1 aliphatic carbocycles. The molecule has 6 nitrogen and oxygen atoms in total. The van der Waals surface area contributed by atoms with Gasteiger partial charge < -0.3 is 19.9 Å². The van der Waals surface area contributed by atoms with Crippen LogP contribution in [0.3, 0.4) is 0 Å². The van der Waals surface area contributed by atoms with Crippen molar-refractivity contribution in [2.45, 2.75) is 37.8 Å². The first-order chi connectivity index (χ1) is 16.5. The van der Waals surface area contributed by atoms with E-state index in [4.69, 9.17) is 4.42 Å². The molecule has 1 aromatic heterocycles. The summed E-state index contributed by atoms with van der Waals surface area (Å²) in [7, 11) is 0. The van der Waals surface area contributed by atoms with Gasteiger partial charge in [0, 0.05) is 17.9 Å². The number of benzene rings is 3. The van der Waals surface area contributed by atoms with Gasteiger partial charge in [0.05, 0.1) is 23.1 Å². The molecule has 0 radical (unpaired) electrons. The molecule has 1 aliphatic rings. The van der Waals surface area contributed by atoms with Crippen LogP contribution in [0, 0.1) is 0 Å². The fourth-order valence-corrected chi connectivity index (χ4v) is 4.93. The second-order valence-electron chi connectivity index (χ2n) is 8.66. The van der Waals surface area contributed by atoms with Crippen LogP contribution in [0.25, 0.3) is 11.0 Å². The largest absolute Gasteiger partial charge is 0.507 e. The second-order valence-corrected chi connectivity index (χ2v) is 8.66. The summed E-state index contributed by atoms with van der Waals surface area (Å²) < 4.78 is 5.47. The van der Waals surface area contributed by atoms with Crippen LogP contribution in [0.1, 0.15) is 57.9 Å². The van der Waals surface area contributed by atoms with Crippen LogP contribution in [-0.2, 0) is 6.42 Å². The second kappa shape index (κ2) is 8.80. The van der Waals surface area contributed by atoms with Crippen LogP contribution >= 0.6 is 0 Å². The van der Waals surface area contributed by atoms with Gasteiger partial charge in [0.25, 0.3) is 5.91 Å². The van der Waals surface area contributed by atoms with E-state index in [2.05, 4.69) is 5.32 Å². The van der Waals surface area contributed by atoms with Gasteiger partial charge in [0.2, 0.25) is 0 Å². The summed E-state index contributed by atoms with van der Waals surface area (Å²) in [6, 6.07) is 21.1. The lowest BCUT2D eigenvalue weighted by molar-refractivity contribution is 0.0858. The number of hydrogen-bond donors (Lipinski definition) is 3. The van der Waals surface area contributed by atoms with E-state index >= 15 is 0 Å². The van der Waals surface area contributed by atoms with Crippen LogP contribution in [-0.4, -0.2) is 22.2 Å². The van der Waals surface area contributed by atoms with Crippen LogP contribution in [0.4, 0.5) is 0 Å². The van der Waals surface area contributed by atoms with Crippen molar-refractivity contribution in [1.29, 1.82) is 0 Å². The number of para-hydroxylation sites is 1. The average molecular weight is 456 g/mol. The average Bonchev–Trinajstić information content (AvgIpc) is 3.16. The monoisotopic (exact) mass is 455 g/mol. The predicted octanol–water partition coefficient (Wildman–Crippen LogP) is 4.43. The van der Waals surface area contributed by atoms with Crippen molar-refractivity contribution in [2.24, 2.45) is 0 Å². The van der Waals surface area contributed by atoms with Crippen LogP contribution in [0.2, 0.25) is 0 Å². The fraction of sp³-hybridized carbons (Fsp3) is 0.214. The number of nitrogens with one attached hydrogen (secondary N) is 1. The molecule has 0 saturated carbocycles. The number of aliphatic hydroxyl groups excluding tert-OH is 1. The third kappa shape index (κ3) is 3.76. The van der Waals surface area contributed by atoms with E-state index in [0.717, 1.165) is 16.7 Å². The Balaban J connectivity index is 1.48. The van der Waals surface area contributed by atoms with Gasteiger partial charge >= 0.3 is 5.63 Å². The van der Waals surface area contributed by atoms with Gasteiger partial charge in [0.1, 0.15) is 11.3 Å². The highest BCUT2D eigenvalue weighted by Gasteiger charge is 2.32. The Morgan fingerprint density at radius 3 is 2.68 bits per heavy atom. The number of rotatable bonds is 5. The Labute approximate surface area is 196 Å². The quantitative estimate of drug-likeness (QED) is 0.387. The van der Waals surface area contributed by atoms with Crippen LogP contribution < -0.4 is 10.9 Å². The van der Waals surface area contributed by atoms with Crippen molar-refractivity contribution in [2.75, 3.05) is 0 Å². The van der Waals surface area contributed by atoms with E-state index in [-0.39, 0.29) is 17.2 Å². The van der Waals surface area contributed by atoms with E-state index in [1.54, 1.807) is 42.5 Å². The third-order valence-corrected chi connectivity index (χ3v) is 6.62. The molecule has 3 unspecified atom stereocenters. The summed E-state index contributed by atoms with van der Waals surface area (Å²) in [4.78, 5) is 25.9. The lowest BCUT2D eigenvalue weighted by atomic mass is 9.88. The molecule has 6 heteroatoms. The zero-order valence-electron chi connectivity index (χ0n) is 18.7. The molecule has 3 atom stereocenters. The number of hydrogen-bond acceptors (Lipinski definition) is 5. The molecular formula is C28H25NO5. The van der Waals surface area contributed by atoms with Gasteiger partial charge in [-0.25, -0.2) is 4.79 Å². The number of fused-ring (bicyclic) bond motifs is 2. The van der Waals surface area contributed by atoms with Gasteiger partial charge in [-0.15, -0.1) is 0 Å². The first kappa shape index (κ1) is 21.9. The SMILES string of the molecule is CCC(c1cccc(C(=O)NC2c3ccccc3CC2O)c1)c1c(O)c2ccccc2oc1=O. The molecule has 1 amide bonds. The molecule has 3 N–H and O–H groups in total. The maximum atomic E-state index is 13.1. The number of amides is 1. The molecule has 0 aliphatic heterocycles. The molecular weight excluding hydrogens is 430 g/mol. The number of aliphatic hydroxyl groups is 1. The summed E-state index contributed by atoms with van der Waals surface area (Å²) in [6.45, 7) is 1.91. The Morgan fingerprint density at radius 1 is 1.09 bits per heavy atom. The van der Waals surface area contributed by atoms with Crippen molar-refractivity contribution in [3.8, 4) is 5.75 Å². The molecule has 4 aromatic rings. The van der Waals surface area contributed by atoms with Crippen molar-refractivity contribution in [1.82, 2.24) is 5.32 Å². The molecule has 0 bridgehead atoms. The van der Waals surface area contributed by atoms with E-state index in [1.165, 1.54) is 0 Å². The lowest BCUT2D eigenvalue weighted by Gasteiger charge is -2.20. The summed E-state index contributed by atoms with van der Waals surface area (Å²) in [5, 5.41) is 24.8. The minimum Gasteiger partial charge on any atom is -0.507 e. The molecule has 34 heavy (non-hydrogen) atoms. The van der Waals surface area contributed by atoms with E-state index < -0.39 is 23.7 Å². The fourth-order valence-electron chi connectivity index (χ4n) is 4.93. The maximum Gasteiger partial charge on any atom is 0.343 e. The Hall–Kier alpha value is -3.90. The summed E-state index contributed by atoms with van der Waals surface area (Å²) in [6.07, 6.45) is 0.333. The summed E-state index contributed by atoms with van der Waals surface area (Å²) in [5.74, 6) is -0.863. The summed E-state index contributed by atoms with van der Waals surface area (Å²) in [5.41, 5.74) is 3.00. The molecule has 0 saturated heterocycles. The zero-order chi connectivity index (χ0) is 23.8. The predicted molar refractivity (Wildman–Crippen MR) is 129 cm³/mol. The minimum atomic E-state index is -0.688. The highest BCUT2D eigenvalue weighted by molar-refractivity contribution is 5.95. The Kier molecular flexibility index (Phi) is 5.67. The van der Waals surface area contributed by atoms with Gasteiger partial charge in [-0.1, -0.05) is 55.5 Å². The van der Waals surface area contributed by atoms with E-state index in [1.807, 2.05) is 37.3 Å². The van der Waals surface area contributed by atoms with Crippen LogP contribution in [0.15, 0.2) is 82.0 Å². The Morgan fingerprint density at radius 2 is 1.85 bits per heavy atom. The Bertz CT molecular complexity index is 1440. The number of aromatic hydroxyl groups is 1. The van der Waals surface area contributed by atoms with Crippen molar-refractivity contribution in [3.05, 3.63) is 111 Å². The summed E-state index contributed by atoms with van der Waals surface area (Å²) >= 11 is 0. The standard InChI is InChI=1S/C28H25NO5/c1-2-19(24-26(31)21-12-5-6-13-23(21)34-28(24)33)16-9-7-10-18(14-16)27(32)29-25-20-11-4-3-8-17(20)15-22(25)30/h3-14,19,22,25,30-31H,2,15H2,1H3,(H,29,32). The first-order valence-corrected chi connectivity index (χ1v) is 11.4. The van der Waals surface area contributed by atoms with Crippen LogP contribution in [0.5, 0.6) is 5.75 Å². The normalized spacial score (nSPS) is 17.9. The maximum absolute atomic E-state index is 13.1.